The number of nitrogens with one attached hydrogen (secondary N) is 1. The van der Waals surface area contributed by atoms with Gasteiger partial charge in [-0.15, -0.1) is 0 Å². The second kappa shape index (κ2) is 4.89. The fourth-order valence-corrected chi connectivity index (χ4v) is 4.16. The first-order valence-electron chi connectivity index (χ1n) is 5.80. The van der Waals surface area contributed by atoms with E-state index in [9.17, 15) is 13.2 Å². The Balaban J connectivity index is 2.16. The Labute approximate surface area is 101 Å². The molecule has 1 unspecified atom stereocenters. The van der Waals surface area contributed by atoms with Crippen LogP contribution < -0.4 is 11.1 Å². The molecule has 7 nitrogen and oxygen atoms in total. The highest BCUT2D eigenvalue weighted by Gasteiger charge is 2.40. The summed E-state index contributed by atoms with van der Waals surface area (Å²) in [6.07, 6.45) is 1.22. The van der Waals surface area contributed by atoms with Gasteiger partial charge in [-0.3, -0.25) is 4.79 Å². The number of nitrogens with zero attached hydrogens (tertiary/aromatic N) is 2. The van der Waals surface area contributed by atoms with E-state index in [1.807, 2.05) is 0 Å². The van der Waals surface area contributed by atoms with Crippen molar-refractivity contribution in [2.75, 3.05) is 32.7 Å². The molecule has 0 bridgehead atoms. The number of amides is 1. The summed E-state index contributed by atoms with van der Waals surface area (Å²) >= 11 is 0. The van der Waals surface area contributed by atoms with Crippen LogP contribution in [0.1, 0.15) is 12.8 Å². The minimum atomic E-state index is -3.53. The Bertz CT molecular complexity index is 391. The molecular weight excluding hydrogens is 244 g/mol. The molecule has 2 heterocycles. The van der Waals surface area contributed by atoms with Crippen LogP contribution in [0.5, 0.6) is 0 Å². The molecule has 2 fully saturated rings. The van der Waals surface area contributed by atoms with Gasteiger partial charge >= 0.3 is 0 Å². The fraction of sp³-hybridized carbons (Fsp3) is 0.889. The van der Waals surface area contributed by atoms with Crippen LogP contribution in [0.15, 0.2) is 0 Å². The van der Waals surface area contributed by atoms with E-state index >= 15 is 0 Å². The van der Waals surface area contributed by atoms with Crippen LogP contribution in [0, 0.1) is 0 Å². The molecule has 0 aromatic carbocycles. The van der Waals surface area contributed by atoms with Gasteiger partial charge in [-0.05, 0) is 12.8 Å². The quantitative estimate of drug-likeness (QED) is 0.620. The van der Waals surface area contributed by atoms with Gasteiger partial charge in [0.1, 0.15) is 6.04 Å². The third kappa shape index (κ3) is 2.44. The molecular formula is C9H18N4O3S. The number of carbonyl (C=O) groups excluding carboxylic acids is 1. The molecule has 2 saturated heterocycles. The standard InChI is InChI=1S/C9H18N4O3S/c10-9(14)8-2-1-5-13(8)17(15,16)12-6-3-11-4-7-12/h8,11H,1-7H2,(H2,10,14). The topological polar surface area (TPSA) is 95.7 Å². The maximum atomic E-state index is 12.3. The smallest absolute Gasteiger partial charge is 0.282 e. The summed E-state index contributed by atoms with van der Waals surface area (Å²) in [5.74, 6) is -0.554. The minimum absolute atomic E-state index is 0.389. The first kappa shape index (κ1) is 12.7. The van der Waals surface area contributed by atoms with Crippen molar-refractivity contribution < 1.29 is 13.2 Å². The summed E-state index contributed by atoms with van der Waals surface area (Å²) < 4.78 is 27.3. The summed E-state index contributed by atoms with van der Waals surface area (Å²) in [4.78, 5) is 11.2. The number of rotatable bonds is 3. The zero-order chi connectivity index (χ0) is 12.5. The molecule has 2 rings (SSSR count). The lowest BCUT2D eigenvalue weighted by molar-refractivity contribution is -0.121. The van der Waals surface area contributed by atoms with Crippen molar-refractivity contribution in [2.45, 2.75) is 18.9 Å². The van der Waals surface area contributed by atoms with Crippen LogP contribution in [-0.2, 0) is 15.0 Å². The molecule has 0 radical (unpaired) electrons. The summed E-state index contributed by atoms with van der Waals surface area (Å²) in [7, 11) is -3.53. The van der Waals surface area contributed by atoms with Crippen molar-refractivity contribution >= 4 is 16.1 Å². The number of carbonyl (C=O) groups is 1. The average molecular weight is 262 g/mol. The number of primary amides is 1. The molecule has 0 aromatic rings. The third-order valence-electron chi connectivity index (χ3n) is 3.23. The number of nitrogens with two attached hydrogens (primary N) is 1. The molecule has 0 aromatic heterocycles. The average Bonchev–Trinajstić information content (AvgIpc) is 2.80. The molecule has 2 aliphatic heterocycles. The largest absolute Gasteiger partial charge is 0.368 e. The van der Waals surface area contributed by atoms with E-state index in [-0.39, 0.29) is 0 Å². The molecule has 3 N–H and O–H groups in total. The summed E-state index contributed by atoms with van der Waals surface area (Å²) in [5, 5.41) is 3.10. The third-order valence-corrected chi connectivity index (χ3v) is 5.28. The monoisotopic (exact) mass is 262 g/mol. The van der Waals surface area contributed by atoms with Gasteiger partial charge in [-0.1, -0.05) is 0 Å². The Hall–Kier alpha value is -0.700. The van der Waals surface area contributed by atoms with Gasteiger partial charge in [0.05, 0.1) is 0 Å². The lowest BCUT2D eigenvalue weighted by atomic mass is 10.2. The highest BCUT2D eigenvalue weighted by atomic mass is 32.2. The van der Waals surface area contributed by atoms with Gasteiger partial charge in [0.15, 0.2) is 0 Å². The van der Waals surface area contributed by atoms with Crippen LogP contribution in [0.2, 0.25) is 0 Å². The number of hydrogen-bond donors (Lipinski definition) is 2. The highest BCUT2D eigenvalue weighted by Crippen LogP contribution is 2.23. The first-order valence-corrected chi connectivity index (χ1v) is 7.20. The minimum Gasteiger partial charge on any atom is -0.368 e. The predicted molar refractivity (Wildman–Crippen MR) is 62.3 cm³/mol. The fourth-order valence-electron chi connectivity index (χ4n) is 2.32. The van der Waals surface area contributed by atoms with Crippen LogP contribution in [0.3, 0.4) is 0 Å². The summed E-state index contributed by atoms with van der Waals surface area (Å²) in [5.41, 5.74) is 5.24. The lowest BCUT2D eigenvalue weighted by Crippen LogP contribution is -2.54. The molecule has 98 valence electrons. The molecule has 17 heavy (non-hydrogen) atoms. The zero-order valence-electron chi connectivity index (χ0n) is 9.63. The summed E-state index contributed by atoms with van der Waals surface area (Å²) in [6.45, 7) is 2.58. The van der Waals surface area contributed by atoms with Crippen LogP contribution >= 0.6 is 0 Å². The molecule has 0 saturated carbocycles. The van der Waals surface area contributed by atoms with Crippen molar-refractivity contribution in [2.24, 2.45) is 5.73 Å². The van der Waals surface area contributed by atoms with Crippen LogP contribution in [0.25, 0.3) is 0 Å². The van der Waals surface area contributed by atoms with Crippen molar-refractivity contribution in [1.82, 2.24) is 13.9 Å². The SMILES string of the molecule is NC(=O)C1CCCN1S(=O)(=O)N1CCNCC1. The van der Waals surface area contributed by atoms with Gasteiger partial charge in [0, 0.05) is 32.7 Å². The van der Waals surface area contributed by atoms with Gasteiger partial charge < -0.3 is 11.1 Å². The lowest BCUT2D eigenvalue weighted by Gasteiger charge is -2.32. The first-order chi connectivity index (χ1) is 8.03. The second-order valence-corrected chi connectivity index (χ2v) is 6.21. The Morgan fingerprint density at radius 1 is 1.24 bits per heavy atom. The van der Waals surface area contributed by atoms with Gasteiger partial charge in [0.25, 0.3) is 10.2 Å². The van der Waals surface area contributed by atoms with Crippen LogP contribution in [0.4, 0.5) is 0 Å². The maximum Gasteiger partial charge on any atom is 0.282 e. The normalized spacial score (nSPS) is 28.4. The van der Waals surface area contributed by atoms with Crippen molar-refractivity contribution in [3.63, 3.8) is 0 Å². The zero-order valence-corrected chi connectivity index (χ0v) is 10.4. The van der Waals surface area contributed by atoms with E-state index in [0.717, 1.165) is 0 Å². The van der Waals surface area contributed by atoms with Crippen LogP contribution in [-0.4, -0.2) is 61.7 Å². The number of piperazine rings is 1. The molecule has 0 aliphatic carbocycles. The molecule has 0 spiro atoms. The second-order valence-electron chi connectivity index (χ2n) is 4.33. The number of hydrogen-bond acceptors (Lipinski definition) is 4. The maximum absolute atomic E-state index is 12.3. The van der Waals surface area contributed by atoms with Gasteiger partial charge in [-0.2, -0.15) is 17.0 Å². The highest BCUT2D eigenvalue weighted by molar-refractivity contribution is 7.86. The van der Waals surface area contributed by atoms with Gasteiger partial charge in [0.2, 0.25) is 5.91 Å². The van der Waals surface area contributed by atoms with Crippen molar-refractivity contribution in [1.29, 1.82) is 0 Å². The van der Waals surface area contributed by atoms with E-state index in [1.165, 1.54) is 8.61 Å². The molecule has 1 atom stereocenters. The predicted octanol–water partition coefficient (Wildman–Crippen LogP) is -1.91. The Morgan fingerprint density at radius 2 is 1.88 bits per heavy atom. The summed E-state index contributed by atoms with van der Waals surface area (Å²) in [6, 6.07) is -0.671. The molecule has 1 amide bonds. The molecule has 2 aliphatic rings. The van der Waals surface area contributed by atoms with E-state index in [1.54, 1.807) is 0 Å². The Morgan fingerprint density at radius 3 is 2.47 bits per heavy atom. The van der Waals surface area contributed by atoms with E-state index in [4.69, 9.17) is 5.73 Å². The van der Waals surface area contributed by atoms with E-state index in [2.05, 4.69) is 5.32 Å². The Kier molecular flexibility index (Phi) is 3.67. The van der Waals surface area contributed by atoms with E-state index < -0.39 is 22.2 Å². The molecule has 8 heteroatoms. The van der Waals surface area contributed by atoms with Gasteiger partial charge in [-0.25, -0.2) is 0 Å². The van der Waals surface area contributed by atoms with E-state index in [0.29, 0.717) is 45.6 Å². The van der Waals surface area contributed by atoms with Crippen molar-refractivity contribution in [3.8, 4) is 0 Å². The van der Waals surface area contributed by atoms with Crippen molar-refractivity contribution in [3.05, 3.63) is 0 Å².